The fourth-order valence-electron chi connectivity index (χ4n) is 3.20. The number of ether oxygens (including phenoxy) is 1. The van der Waals surface area contributed by atoms with Gasteiger partial charge >= 0.3 is 0 Å². The van der Waals surface area contributed by atoms with Gasteiger partial charge in [-0.15, -0.1) is 0 Å². The first kappa shape index (κ1) is 15.2. The number of morpholine rings is 1. The van der Waals surface area contributed by atoms with Gasteiger partial charge in [0.25, 0.3) is 0 Å². The average molecular weight is 269 g/mol. The maximum absolute atomic E-state index is 6.17. The van der Waals surface area contributed by atoms with Crippen LogP contribution in [-0.2, 0) is 4.74 Å². The molecule has 2 heterocycles. The van der Waals surface area contributed by atoms with Crippen LogP contribution in [0.1, 0.15) is 27.2 Å². The average Bonchev–Trinajstić information content (AvgIpc) is 2.33. The highest BCUT2D eigenvalue weighted by atomic mass is 16.5. The summed E-state index contributed by atoms with van der Waals surface area (Å²) in [6, 6.07) is 0.337. The fourth-order valence-corrected chi connectivity index (χ4v) is 3.20. The molecule has 2 saturated heterocycles. The molecule has 0 bridgehead atoms. The van der Waals surface area contributed by atoms with E-state index < -0.39 is 0 Å². The van der Waals surface area contributed by atoms with Crippen LogP contribution in [0.3, 0.4) is 0 Å². The van der Waals surface area contributed by atoms with Crippen molar-refractivity contribution in [3.8, 4) is 0 Å². The Morgan fingerprint density at radius 3 is 2.68 bits per heavy atom. The molecule has 0 radical (unpaired) electrons. The van der Waals surface area contributed by atoms with Crippen molar-refractivity contribution in [2.24, 2.45) is 17.6 Å². The minimum Gasteiger partial charge on any atom is -0.374 e. The lowest BCUT2D eigenvalue weighted by atomic mass is 9.94. The van der Waals surface area contributed by atoms with Crippen LogP contribution in [0.2, 0.25) is 0 Å². The van der Waals surface area contributed by atoms with Crippen LogP contribution in [0.5, 0.6) is 0 Å². The second-order valence-corrected chi connectivity index (χ2v) is 6.84. The third kappa shape index (κ3) is 4.71. The van der Waals surface area contributed by atoms with Gasteiger partial charge in [0, 0.05) is 38.8 Å². The van der Waals surface area contributed by atoms with Gasteiger partial charge in [0.05, 0.1) is 12.7 Å². The quantitative estimate of drug-likeness (QED) is 0.827. The first-order valence-corrected chi connectivity index (χ1v) is 7.86. The normalized spacial score (nSPS) is 34.9. The number of piperidine rings is 1. The summed E-state index contributed by atoms with van der Waals surface area (Å²) in [5.41, 5.74) is 6.17. The minimum absolute atomic E-state index is 0.337. The molecule has 2 N–H and O–H groups in total. The van der Waals surface area contributed by atoms with Crippen molar-refractivity contribution in [3.05, 3.63) is 0 Å². The van der Waals surface area contributed by atoms with Crippen molar-refractivity contribution in [3.63, 3.8) is 0 Å². The van der Waals surface area contributed by atoms with Crippen molar-refractivity contribution >= 4 is 0 Å². The molecule has 0 aromatic carbocycles. The summed E-state index contributed by atoms with van der Waals surface area (Å²) in [7, 11) is 0. The molecule has 3 atom stereocenters. The second-order valence-electron chi connectivity index (χ2n) is 6.84. The van der Waals surface area contributed by atoms with Gasteiger partial charge in [0.2, 0.25) is 0 Å². The number of nitrogens with two attached hydrogens (primary N) is 1. The molecule has 4 heteroatoms. The molecule has 2 fully saturated rings. The topological polar surface area (TPSA) is 41.7 Å². The van der Waals surface area contributed by atoms with Crippen molar-refractivity contribution in [2.45, 2.75) is 39.3 Å². The van der Waals surface area contributed by atoms with Crippen LogP contribution in [-0.4, -0.2) is 67.8 Å². The molecular formula is C15H31N3O. The van der Waals surface area contributed by atoms with Crippen LogP contribution in [0, 0.1) is 11.8 Å². The summed E-state index contributed by atoms with van der Waals surface area (Å²) >= 11 is 0. The van der Waals surface area contributed by atoms with E-state index in [1.165, 1.54) is 19.5 Å². The summed E-state index contributed by atoms with van der Waals surface area (Å²) in [6.07, 6.45) is 1.59. The molecule has 0 amide bonds. The smallest absolute Gasteiger partial charge is 0.0829 e. The lowest BCUT2D eigenvalue weighted by Gasteiger charge is -2.40. The van der Waals surface area contributed by atoms with E-state index in [1.54, 1.807) is 0 Å². The van der Waals surface area contributed by atoms with Gasteiger partial charge in [-0.2, -0.15) is 0 Å². The van der Waals surface area contributed by atoms with Crippen molar-refractivity contribution in [1.82, 2.24) is 9.80 Å². The molecule has 2 aliphatic rings. The Kier molecular flexibility index (Phi) is 5.63. The third-order valence-corrected chi connectivity index (χ3v) is 4.41. The van der Waals surface area contributed by atoms with E-state index in [0.717, 1.165) is 38.7 Å². The molecule has 0 aliphatic carbocycles. The van der Waals surface area contributed by atoms with Crippen LogP contribution in [0.25, 0.3) is 0 Å². The zero-order valence-corrected chi connectivity index (χ0v) is 12.8. The number of hydrogen-bond donors (Lipinski definition) is 1. The Morgan fingerprint density at radius 1 is 1.21 bits per heavy atom. The van der Waals surface area contributed by atoms with E-state index in [4.69, 9.17) is 10.5 Å². The summed E-state index contributed by atoms with van der Waals surface area (Å²) in [6.45, 7) is 14.3. The van der Waals surface area contributed by atoms with Crippen molar-refractivity contribution in [1.29, 1.82) is 0 Å². The van der Waals surface area contributed by atoms with Gasteiger partial charge in [-0.05, 0) is 24.8 Å². The molecular weight excluding hydrogens is 238 g/mol. The van der Waals surface area contributed by atoms with E-state index in [1.807, 2.05) is 0 Å². The predicted octanol–water partition coefficient (Wildman–Crippen LogP) is 1.01. The Balaban J connectivity index is 1.76. The highest BCUT2D eigenvalue weighted by Crippen LogP contribution is 2.17. The van der Waals surface area contributed by atoms with Gasteiger partial charge in [0.15, 0.2) is 0 Å². The molecule has 0 aromatic rings. The number of rotatable bonds is 4. The molecule has 2 rings (SSSR count). The molecule has 0 spiro atoms. The second kappa shape index (κ2) is 7.02. The minimum atomic E-state index is 0.337. The molecule has 0 saturated carbocycles. The van der Waals surface area contributed by atoms with E-state index in [0.29, 0.717) is 18.1 Å². The largest absolute Gasteiger partial charge is 0.374 e. The molecule has 0 aromatic heterocycles. The van der Waals surface area contributed by atoms with E-state index >= 15 is 0 Å². The predicted molar refractivity (Wildman–Crippen MR) is 79.2 cm³/mol. The standard InChI is InChI=1S/C15H31N3O/c1-12(2)8-18-6-7-19-14(10-18)9-17-5-4-13(3)15(16)11-17/h12-15H,4-11,16H2,1-3H3. The Bertz CT molecular complexity index is 272. The molecule has 4 nitrogen and oxygen atoms in total. The molecule has 3 unspecified atom stereocenters. The van der Waals surface area contributed by atoms with Gasteiger partial charge in [-0.25, -0.2) is 0 Å². The van der Waals surface area contributed by atoms with Gasteiger partial charge in [-0.1, -0.05) is 20.8 Å². The number of likely N-dealkylation sites (tertiary alicyclic amines) is 1. The summed E-state index contributed by atoms with van der Waals surface area (Å²) in [5, 5.41) is 0. The summed E-state index contributed by atoms with van der Waals surface area (Å²) in [4.78, 5) is 5.04. The SMILES string of the molecule is CC(C)CN1CCOC(CN2CCC(C)C(N)C2)C1. The maximum Gasteiger partial charge on any atom is 0.0829 e. The maximum atomic E-state index is 6.17. The van der Waals surface area contributed by atoms with Crippen LogP contribution >= 0.6 is 0 Å². The zero-order valence-electron chi connectivity index (χ0n) is 12.8. The third-order valence-electron chi connectivity index (χ3n) is 4.41. The molecule has 2 aliphatic heterocycles. The molecule has 19 heavy (non-hydrogen) atoms. The van der Waals surface area contributed by atoms with Crippen molar-refractivity contribution in [2.75, 3.05) is 45.9 Å². The number of hydrogen-bond acceptors (Lipinski definition) is 4. The summed E-state index contributed by atoms with van der Waals surface area (Å²) < 4.78 is 5.93. The highest BCUT2D eigenvalue weighted by Gasteiger charge is 2.27. The lowest BCUT2D eigenvalue weighted by molar-refractivity contribution is -0.0500. The fraction of sp³-hybridized carbons (Fsp3) is 1.00. The van der Waals surface area contributed by atoms with Crippen LogP contribution in [0.15, 0.2) is 0 Å². The Hall–Kier alpha value is -0.160. The monoisotopic (exact) mass is 269 g/mol. The number of nitrogens with zero attached hydrogens (tertiary/aromatic N) is 2. The molecule has 112 valence electrons. The van der Waals surface area contributed by atoms with E-state index in [9.17, 15) is 0 Å². The van der Waals surface area contributed by atoms with Crippen LogP contribution in [0.4, 0.5) is 0 Å². The summed E-state index contributed by atoms with van der Waals surface area (Å²) in [5.74, 6) is 1.41. The first-order chi connectivity index (χ1) is 9.04. The first-order valence-electron chi connectivity index (χ1n) is 7.86. The highest BCUT2D eigenvalue weighted by molar-refractivity contribution is 4.83. The van der Waals surface area contributed by atoms with Gasteiger partial charge in [-0.3, -0.25) is 9.80 Å². The Labute approximate surface area is 118 Å². The zero-order chi connectivity index (χ0) is 13.8. The Morgan fingerprint density at radius 2 is 2.00 bits per heavy atom. The lowest BCUT2D eigenvalue weighted by Crippen LogP contribution is -2.53. The van der Waals surface area contributed by atoms with Gasteiger partial charge in [0.1, 0.15) is 0 Å². The van der Waals surface area contributed by atoms with Crippen LogP contribution < -0.4 is 5.73 Å². The van der Waals surface area contributed by atoms with Crippen molar-refractivity contribution < 1.29 is 4.74 Å². The van der Waals surface area contributed by atoms with E-state index in [2.05, 4.69) is 30.6 Å². The van der Waals surface area contributed by atoms with Gasteiger partial charge < -0.3 is 10.5 Å². The van der Waals surface area contributed by atoms with E-state index in [-0.39, 0.29) is 0 Å².